The first-order valence-electron chi connectivity index (χ1n) is 4.96. The molecule has 1 N–H and O–H groups in total. The number of rotatable bonds is 6. The van der Waals surface area contributed by atoms with Gasteiger partial charge >= 0.3 is 0 Å². The summed E-state index contributed by atoms with van der Waals surface area (Å²) in [5.41, 5.74) is 0.905. The normalized spacial score (nSPS) is 13.4. The van der Waals surface area contributed by atoms with Crippen molar-refractivity contribution < 1.29 is 5.11 Å². The number of aliphatic hydroxyl groups is 1. The maximum absolute atomic E-state index is 9.75. The van der Waals surface area contributed by atoms with Crippen LogP contribution in [0.4, 0.5) is 0 Å². The van der Waals surface area contributed by atoms with Gasteiger partial charge in [-0.1, -0.05) is 38.8 Å². The minimum Gasteiger partial charge on any atom is -0.388 e. The molecular weight excluding hydrogens is 148 g/mol. The van der Waals surface area contributed by atoms with Crippen molar-refractivity contribution >= 4 is 0 Å². The molecular formula is C11H22O. The summed E-state index contributed by atoms with van der Waals surface area (Å²) in [7, 11) is 0. The van der Waals surface area contributed by atoms with Crippen molar-refractivity contribution in [1.29, 1.82) is 0 Å². The third-order valence-electron chi connectivity index (χ3n) is 2.27. The molecule has 0 aliphatic carbocycles. The lowest BCUT2D eigenvalue weighted by atomic mass is 9.89. The Labute approximate surface area is 76.5 Å². The van der Waals surface area contributed by atoms with Crippen LogP contribution in [0.25, 0.3) is 0 Å². The first-order valence-corrected chi connectivity index (χ1v) is 4.96. The van der Waals surface area contributed by atoms with Crippen molar-refractivity contribution in [2.45, 2.75) is 52.6 Å². The minimum atomic E-state index is -0.287. The van der Waals surface area contributed by atoms with Gasteiger partial charge in [0, 0.05) is 0 Å². The Bertz CT molecular complexity index is 123. The highest BCUT2D eigenvalue weighted by molar-refractivity contribution is 4.99. The van der Waals surface area contributed by atoms with Gasteiger partial charge in [-0.15, -0.1) is 0 Å². The summed E-state index contributed by atoms with van der Waals surface area (Å²) < 4.78 is 0. The summed E-state index contributed by atoms with van der Waals surface area (Å²) in [5.74, 6) is 0.428. The highest BCUT2D eigenvalue weighted by atomic mass is 16.3. The van der Waals surface area contributed by atoms with Crippen molar-refractivity contribution in [3.63, 3.8) is 0 Å². The summed E-state index contributed by atoms with van der Waals surface area (Å²) >= 11 is 0. The Hall–Kier alpha value is -0.300. The van der Waals surface area contributed by atoms with Gasteiger partial charge in [-0.3, -0.25) is 0 Å². The molecule has 0 heterocycles. The van der Waals surface area contributed by atoms with Crippen LogP contribution in [0.15, 0.2) is 12.2 Å². The average Bonchev–Trinajstić information content (AvgIpc) is 2.03. The van der Waals surface area contributed by atoms with Crippen molar-refractivity contribution in [1.82, 2.24) is 0 Å². The summed E-state index contributed by atoms with van der Waals surface area (Å²) in [5, 5.41) is 9.75. The first-order chi connectivity index (χ1) is 5.63. The van der Waals surface area contributed by atoms with E-state index in [1.54, 1.807) is 0 Å². The summed E-state index contributed by atoms with van der Waals surface area (Å²) in [4.78, 5) is 0. The largest absolute Gasteiger partial charge is 0.388 e. The second-order valence-corrected chi connectivity index (χ2v) is 3.63. The van der Waals surface area contributed by atoms with Gasteiger partial charge in [0.1, 0.15) is 0 Å². The maximum Gasteiger partial charge on any atom is 0.0772 e. The molecule has 0 aromatic rings. The van der Waals surface area contributed by atoms with Crippen molar-refractivity contribution in [3.05, 3.63) is 12.2 Å². The van der Waals surface area contributed by atoms with Gasteiger partial charge in [-0.25, -0.2) is 0 Å². The molecule has 12 heavy (non-hydrogen) atoms. The highest BCUT2D eigenvalue weighted by Crippen LogP contribution is 2.21. The Morgan fingerprint density at radius 1 is 1.25 bits per heavy atom. The van der Waals surface area contributed by atoms with Crippen LogP contribution in [0, 0.1) is 5.92 Å². The molecule has 1 heteroatoms. The highest BCUT2D eigenvalue weighted by Gasteiger charge is 2.17. The molecule has 0 saturated heterocycles. The standard InChI is InChI=1S/C11H22O/c1-5-7-10(8-6-2)11(12)9(3)4/h10-12H,3,5-8H2,1-2,4H3. The number of aliphatic hydroxyl groups excluding tert-OH is 1. The molecule has 0 aliphatic rings. The molecule has 0 fully saturated rings. The number of hydrogen-bond acceptors (Lipinski definition) is 1. The van der Waals surface area contributed by atoms with Crippen LogP contribution in [-0.2, 0) is 0 Å². The molecule has 0 rings (SSSR count). The van der Waals surface area contributed by atoms with Gasteiger partial charge in [-0.05, 0) is 25.7 Å². The van der Waals surface area contributed by atoms with E-state index in [9.17, 15) is 5.11 Å². The lowest BCUT2D eigenvalue weighted by Crippen LogP contribution is -2.20. The fourth-order valence-electron chi connectivity index (χ4n) is 1.60. The molecule has 1 nitrogen and oxygen atoms in total. The fourth-order valence-corrected chi connectivity index (χ4v) is 1.60. The van der Waals surface area contributed by atoms with E-state index in [1.165, 1.54) is 0 Å². The molecule has 0 radical (unpaired) electrons. The van der Waals surface area contributed by atoms with Crippen LogP contribution in [0.2, 0.25) is 0 Å². The zero-order valence-corrected chi connectivity index (χ0v) is 8.64. The molecule has 0 bridgehead atoms. The molecule has 0 aromatic carbocycles. The third-order valence-corrected chi connectivity index (χ3v) is 2.27. The monoisotopic (exact) mass is 170 g/mol. The Morgan fingerprint density at radius 2 is 1.67 bits per heavy atom. The Kier molecular flexibility index (Phi) is 6.09. The van der Waals surface area contributed by atoms with Gasteiger partial charge in [0.05, 0.1) is 6.10 Å². The second kappa shape index (κ2) is 6.24. The summed E-state index contributed by atoms with van der Waals surface area (Å²) in [6.45, 7) is 10.0. The van der Waals surface area contributed by atoms with Gasteiger partial charge < -0.3 is 5.11 Å². The predicted octanol–water partition coefficient (Wildman–Crippen LogP) is 3.14. The molecule has 1 unspecified atom stereocenters. The molecule has 0 spiro atoms. The van der Waals surface area contributed by atoms with E-state index in [1.807, 2.05) is 6.92 Å². The van der Waals surface area contributed by atoms with Crippen LogP contribution >= 0.6 is 0 Å². The molecule has 0 amide bonds. The van der Waals surface area contributed by atoms with Crippen LogP contribution in [0.1, 0.15) is 46.5 Å². The minimum absolute atomic E-state index is 0.287. The van der Waals surface area contributed by atoms with E-state index in [4.69, 9.17) is 0 Å². The molecule has 0 saturated carbocycles. The quantitative estimate of drug-likeness (QED) is 0.607. The lowest BCUT2D eigenvalue weighted by molar-refractivity contribution is 0.129. The Morgan fingerprint density at radius 3 is 1.92 bits per heavy atom. The zero-order valence-electron chi connectivity index (χ0n) is 8.64. The van der Waals surface area contributed by atoms with Crippen molar-refractivity contribution in [3.8, 4) is 0 Å². The van der Waals surface area contributed by atoms with Crippen LogP contribution < -0.4 is 0 Å². The van der Waals surface area contributed by atoms with Crippen molar-refractivity contribution in [2.24, 2.45) is 5.92 Å². The van der Waals surface area contributed by atoms with Crippen LogP contribution in [0.5, 0.6) is 0 Å². The summed E-state index contributed by atoms with van der Waals surface area (Å²) in [6.07, 6.45) is 4.23. The van der Waals surface area contributed by atoms with E-state index in [-0.39, 0.29) is 6.10 Å². The van der Waals surface area contributed by atoms with Crippen molar-refractivity contribution in [2.75, 3.05) is 0 Å². The Balaban J connectivity index is 3.98. The van der Waals surface area contributed by atoms with E-state index in [0.717, 1.165) is 31.3 Å². The van der Waals surface area contributed by atoms with Gasteiger partial charge in [0.2, 0.25) is 0 Å². The van der Waals surface area contributed by atoms with E-state index in [2.05, 4.69) is 20.4 Å². The zero-order chi connectivity index (χ0) is 9.56. The van der Waals surface area contributed by atoms with Gasteiger partial charge in [-0.2, -0.15) is 0 Å². The second-order valence-electron chi connectivity index (χ2n) is 3.63. The molecule has 0 aliphatic heterocycles. The fraction of sp³-hybridized carbons (Fsp3) is 0.818. The van der Waals surface area contributed by atoms with Crippen LogP contribution in [-0.4, -0.2) is 11.2 Å². The molecule has 1 atom stereocenters. The SMILES string of the molecule is C=C(C)C(O)C(CCC)CCC. The number of hydrogen-bond donors (Lipinski definition) is 1. The topological polar surface area (TPSA) is 20.2 Å². The predicted molar refractivity (Wildman–Crippen MR) is 54.1 cm³/mol. The smallest absolute Gasteiger partial charge is 0.0772 e. The van der Waals surface area contributed by atoms with Crippen LogP contribution in [0.3, 0.4) is 0 Å². The van der Waals surface area contributed by atoms with Gasteiger partial charge in [0.25, 0.3) is 0 Å². The van der Waals surface area contributed by atoms with E-state index >= 15 is 0 Å². The van der Waals surface area contributed by atoms with Gasteiger partial charge in [0.15, 0.2) is 0 Å². The average molecular weight is 170 g/mol. The summed E-state index contributed by atoms with van der Waals surface area (Å²) in [6, 6.07) is 0. The maximum atomic E-state index is 9.75. The van der Waals surface area contributed by atoms with E-state index < -0.39 is 0 Å². The van der Waals surface area contributed by atoms with E-state index in [0.29, 0.717) is 5.92 Å². The third kappa shape index (κ3) is 3.91. The first kappa shape index (κ1) is 11.7. The lowest BCUT2D eigenvalue weighted by Gasteiger charge is -2.22. The molecule has 0 aromatic heterocycles. The molecule has 72 valence electrons.